The molecule has 3 amide bonds. The molecule has 0 aliphatic carbocycles. The third kappa shape index (κ3) is 2.15. The Morgan fingerprint density at radius 1 is 1.08 bits per heavy atom. The van der Waals surface area contributed by atoms with Crippen molar-refractivity contribution < 1.29 is 14.4 Å². The molecule has 2 aliphatic rings. The Bertz CT molecular complexity index is 922. The Morgan fingerprint density at radius 3 is 2.50 bits per heavy atom. The van der Waals surface area contributed by atoms with Crippen molar-refractivity contribution in [2.45, 2.75) is 25.4 Å². The maximum absolute atomic E-state index is 13.3. The third-order valence-corrected chi connectivity index (χ3v) is 5.21. The van der Waals surface area contributed by atoms with Crippen molar-refractivity contribution in [2.75, 3.05) is 17.3 Å². The Hall–Kier alpha value is -3.15. The predicted octanol–water partition coefficient (Wildman–Crippen LogP) is 2.54. The molecule has 6 heteroatoms. The average molecular weight is 349 g/mol. The molecule has 26 heavy (non-hydrogen) atoms. The minimum atomic E-state index is -1.34. The summed E-state index contributed by atoms with van der Waals surface area (Å²) < 4.78 is 0. The zero-order chi connectivity index (χ0) is 18.5. The van der Waals surface area contributed by atoms with Gasteiger partial charge in [0.1, 0.15) is 0 Å². The van der Waals surface area contributed by atoms with E-state index in [4.69, 9.17) is 0 Å². The number of amides is 3. The van der Waals surface area contributed by atoms with Crippen LogP contribution < -0.4 is 10.2 Å². The lowest BCUT2D eigenvalue weighted by molar-refractivity contribution is -0.128. The quantitative estimate of drug-likeness (QED) is 0.906. The monoisotopic (exact) mass is 349 g/mol. The van der Waals surface area contributed by atoms with Crippen molar-refractivity contribution >= 4 is 29.1 Å². The van der Waals surface area contributed by atoms with Crippen molar-refractivity contribution in [3.63, 3.8) is 0 Å². The second-order valence-corrected chi connectivity index (χ2v) is 6.75. The normalized spacial score (nSPS) is 21.5. The van der Waals surface area contributed by atoms with Gasteiger partial charge in [0.15, 0.2) is 0 Å². The number of carbonyl (C=O) groups excluding carboxylic acids is 3. The Labute approximate surface area is 151 Å². The Morgan fingerprint density at radius 2 is 1.77 bits per heavy atom. The highest BCUT2D eigenvalue weighted by atomic mass is 16.2. The molecular formula is C20H19N3O3. The fraction of sp³-hybridized carbons (Fsp3) is 0.250. The largest absolute Gasteiger partial charge is 0.322 e. The summed E-state index contributed by atoms with van der Waals surface area (Å²) in [6.45, 7) is 1.96. The molecule has 1 saturated heterocycles. The smallest absolute Gasteiger partial charge is 0.271 e. The predicted molar refractivity (Wildman–Crippen MR) is 97.8 cm³/mol. The van der Waals surface area contributed by atoms with E-state index in [2.05, 4.69) is 5.32 Å². The van der Waals surface area contributed by atoms with Crippen LogP contribution in [-0.4, -0.2) is 35.3 Å². The summed E-state index contributed by atoms with van der Waals surface area (Å²) in [5, 5.41) is 2.88. The summed E-state index contributed by atoms with van der Waals surface area (Å²) >= 11 is 0. The molecule has 2 aromatic rings. The number of para-hydroxylation sites is 1. The molecule has 1 N–H and O–H groups in total. The van der Waals surface area contributed by atoms with Gasteiger partial charge in [-0.15, -0.1) is 0 Å². The van der Waals surface area contributed by atoms with Crippen molar-refractivity contribution in [2.24, 2.45) is 0 Å². The second kappa shape index (κ2) is 5.69. The van der Waals surface area contributed by atoms with E-state index in [1.807, 2.05) is 31.2 Å². The molecule has 0 saturated carbocycles. The lowest BCUT2D eigenvalue weighted by Gasteiger charge is -2.47. The molecule has 0 spiro atoms. The van der Waals surface area contributed by atoms with Gasteiger partial charge in [-0.25, -0.2) is 0 Å². The number of benzene rings is 2. The van der Waals surface area contributed by atoms with Gasteiger partial charge in [0.25, 0.3) is 11.8 Å². The second-order valence-electron chi connectivity index (χ2n) is 6.75. The maximum Gasteiger partial charge on any atom is 0.271 e. The van der Waals surface area contributed by atoms with Gasteiger partial charge >= 0.3 is 0 Å². The first-order chi connectivity index (χ1) is 12.4. The van der Waals surface area contributed by atoms with Gasteiger partial charge in [0.05, 0.1) is 11.3 Å². The van der Waals surface area contributed by atoms with Crippen molar-refractivity contribution in [1.82, 2.24) is 4.90 Å². The minimum Gasteiger partial charge on any atom is -0.322 e. The maximum atomic E-state index is 13.3. The van der Waals surface area contributed by atoms with Gasteiger partial charge in [-0.05, 0) is 31.2 Å². The number of nitrogens with one attached hydrogen (secondary N) is 1. The highest BCUT2D eigenvalue weighted by Crippen LogP contribution is 2.44. The molecule has 1 fully saturated rings. The van der Waals surface area contributed by atoms with Crippen LogP contribution in [0.1, 0.15) is 28.8 Å². The lowest BCUT2D eigenvalue weighted by atomic mass is 9.96. The first kappa shape index (κ1) is 16.3. The van der Waals surface area contributed by atoms with Gasteiger partial charge in [-0.1, -0.05) is 29.8 Å². The van der Waals surface area contributed by atoms with E-state index in [9.17, 15) is 14.4 Å². The minimum absolute atomic E-state index is 0.157. The third-order valence-electron chi connectivity index (χ3n) is 5.21. The van der Waals surface area contributed by atoms with Crippen LogP contribution in [-0.2, 0) is 9.59 Å². The van der Waals surface area contributed by atoms with Gasteiger partial charge in [-0.3, -0.25) is 19.3 Å². The van der Waals surface area contributed by atoms with E-state index in [1.54, 1.807) is 31.3 Å². The highest BCUT2D eigenvalue weighted by Gasteiger charge is 2.59. The van der Waals surface area contributed by atoms with Crippen molar-refractivity contribution in [1.29, 1.82) is 0 Å². The first-order valence-corrected chi connectivity index (χ1v) is 8.53. The van der Waals surface area contributed by atoms with Gasteiger partial charge in [0, 0.05) is 25.6 Å². The fourth-order valence-electron chi connectivity index (χ4n) is 3.80. The van der Waals surface area contributed by atoms with Crippen LogP contribution in [0.25, 0.3) is 0 Å². The zero-order valence-corrected chi connectivity index (χ0v) is 14.7. The Kier molecular flexibility index (Phi) is 3.57. The summed E-state index contributed by atoms with van der Waals surface area (Å²) in [7, 11) is 1.58. The van der Waals surface area contributed by atoms with Crippen LogP contribution in [0.2, 0.25) is 0 Å². The number of rotatable bonds is 2. The van der Waals surface area contributed by atoms with Gasteiger partial charge in [0.2, 0.25) is 11.6 Å². The van der Waals surface area contributed by atoms with Crippen LogP contribution in [0, 0.1) is 6.92 Å². The summed E-state index contributed by atoms with van der Waals surface area (Å²) in [6.07, 6.45) is 0.480. The molecule has 132 valence electrons. The molecule has 0 bridgehead atoms. The van der Waals surface area contributed by atoms with Crippen LogP contribution in [0.15, 0.2) is 48.5 Å². The van der Waals surface area contributed by atoms with E-state index in [0.717, 1.165) is 5.56 Å². The van der Waals surface area contributed by atoms with E-state index in [0.29, 0.717) is 16.9 Å². The molecule has 0 aromatic heterocycles. The molecule has 6 nitrogen and oxygen atoms in total. The SMILES string of the molecule is Cc1ccc(NC(=O)C23CCC(=O)N2c2ccccc2C(=O)N3C)cc1. The number of fused-ring (bicyclic) bond motifs is 3. The highest BCUT2D eigenvalue weighted by molar-refractivity contribution is 6.18. The Balaban J connectivity index is 1.80. The number of anilines is 2. The van der Waals surface area contributed by atoms with Gasteiger partial charge in [-0.2, -0.15) is 0 Å². The molecular weight excluding hydrogens is 330 g/mol. The van der Waals surface area contributed by atoms with E-state index >= 15 is 0 Å². The van der Waals surface area contributed by atoms with Crippen LogP contribution >= 0.6 is 0 Å². The summed E-state index contributed by atoms with van der Waals surface area (Å²) in [5.41, 5.74) is 1.31. The number of nitrogens with zero attached hydrogens (tertiary/aromatic N) is 2. The zero-order valence-electron chi connectivity index (χ0n) is 14.7. The molecule has 2 aromatic carbocycles. The van der Waals surface area contributed by atoms with E-state index < -0.39 is 5.66 Å². The number of hydrogen-bond donors (Lipinski definition) is 1. The number of aryl methyl sites for hydroxylation is 1. The molecule has 2 heterocycles. The van der Waals surface area contributed by atoms with Crippen LogP contribution in [0.3, 0.4) is 0 Å². The summed E-state index contributed by atoms with van der Waals surface area (Å²) in [4.78, 5) is 41.7. The van der Waals surface area contributed by atoms with E-state index in [1.165, 1.54) is 9.80 Å². The fourth-order valence-corrected chi connectivity index (χ4v) is 3.80. The van der Waals surface area contributed by atoms with Gasteiger partial charge < -0.3 is 10.2 Å². The summed E-state index contributed by atoms with van der Waals surface area (Å²) in [5.74, 6) is -0.793. The molecule has 0 radical (unpaired) electrons. The standard InChI is InChI=1S/C20H19N3O3/c1-13-7-9-14(10-8-13)21-19(26)20-12-11-17(24)23(20)16-6-4-3-5-15(16)18(25)22(20)2/h3-10H,11-12H2,1-2H3,(H,21,26). The topological polar surface area (TPSA) is 69.7 Å². The molecule has 1 atom stereocenters. The number of likely N-dealkylation sites (N-methyl/N-ethyl adjacent to an activating group) is 1. The lowest BCUT2D eigenvalue weighted by Crippen LogP contribution is -2.68. The van der Waals surface area contributed by atoms with Crippen LogP contribution in [0.4, 0.5) is 11.4 Å². The average Bonchev–Trinajstić information content (AvgIpc) is 3.00. The van der Waals surface area contributed by atoms with Crippen molar-refractivity contribution in [3.8, 4) is 0 Å². The first-order valence-electron chi connectivity index (χ1n) is 8.53. The number of hydrogen-bond acceptors (Lipinski definition) is 3. The molecule has 4 rings (SSSR count). The molecule has 1 unspecified atom stereocenters. The summed E-state index contributed by atoms with van der Waals surface area (Å²) in [6, 6.07) is 14.3. The van der Waals surface area contributed by atoms with Crippen LogP contribution in [0.5, 0.6) is 0 Å². The van der Waals surface area contributed by atoms with Crippen molar-refractivity contribution in [3.05, 3.63) is 59.7 Å². The number of carbonyl (C=O) groups is 3. The van der Waals surface area contributed by atoms with E-state index in [-0.39, 0.29) is 30.6 Å². The molecule has 2 aliphatic heterocycles.